The summed E-state index contributed by atoms with van der Waals surface area (Å²) in [7, 11) is 0. The molecule has 1 saturated heterocycles. The fourth-order valence-corrected chi connectivity index (χ4v) is 3.92. The lowest BCUT2D eigenvalue weighted by Crippen LogP contribution is -2.55. The Balaban J connectivity index is 0.000000265. The maximum absolute atomic E-state index is 14.0. The van der Waals surface area contributed by atoms with Crippen LogP contribution in [-0.4, -0.2) is 37.5 Å². The summed E-state index contributed by atoms with van der Waals surface area (Å²) < 4.78 is 19.7. The Morgan fingerprint density at radius 3 is 2.73 bits per heavy atom. The van der Waals surface area contributed by atoms with Crippen molar-refractivity contribution in [3.8, 4) is 16.9 Å². The second-order valence-corrected chi connectivity index (χ2v) is 7.95. The molecule has 7 heteroatoms. The zero-order valence-corrected chi connectivity index (χ0v) is 17.3. The van der Waals surface area contributed by atoms with E-state index in [9.17, 15) is 9.18 Å². The molecule has 1 amide bonds. The molecule has 5 rings (SSSR count). The van der Waals surface area contributed by atoms with Crippen LogP contribution in [0.1, 0.15) is 26.7 Å². The number of fused-ring (bicyclic) bond motifs is 3. The molecule has 0 unspecified atom stereocenters. The predicted octanol–water partition coefficient (Wildman–Crippen LogP) is 3.53. The molecular formula is C23H27FN4O2. The first-order chi connectivity index (χ1) is 14.5. The molecule has 3 aliphatic rings. The van der Waals surface area contributed by atoms with Gasteiger partial charge in [0.1, 0.15) is 24.2 Å². The van der Waals surface area contributed by atoms with Crippen LogP contribution < -0.4 is 20.4 Å². The number of halogens is 1. The van der Waals surface area contributed by atoms with Crippen molar-refractivity contribution < 1.29 is 13.9 Å². The Labute approximate surface area is 176 Å². The van der Waals surface area contributed by atoms with Gasteiger partial charge in [-0.3, -0.25) is 4.79 Å². The second-order valence-electron chi connectivity index (χ2n) is 7.95. The van der Waals surface area contributed by atoms with Crippen molar-refractivity contribution >= 4 is 17.4 Å². The van der Waals surface area contributed by atoms with Crippen LogP contribution in [0.5, 0.6) is 5.75 Å². The third kappa shape index (κ3) is 4.16. The third-order valence-electron chi connectivity index (χ3n) is 5.64. The molecule has 0 saturated carbocycles. The molecule has 6 nitrogen and oxygen atoms in total. The van der Waals surface area contributed by atoms with Gasteiger partial charge in [-0.1, -0.05) is 31.2 Å². The monoisotopic (exact) mass is 410 g/mol. The fourth-order valence-electron chi connectivity index (χ4n) is 3.92. The van der Waals surface area contributed by atoms with Gasteiger partial charge in [-0.15, -0.1) is 0 Å². The Morgan fingerprint density at radius 1 is 1.20 bits per heavy atom. The van der Waals surface area contributed by atoms with Crippen molar-refractivity contribution in [2.24, 2.45) is 11.0 Å². The number of amidine groups is 1. The van der Waals surface area contributed by atoms with Crippen LogP contribution in [-0.2, 0) is 4.79 Å². The van der Waals surface area contributed by atoms with Crippen LogP contribution in [0.25, 0.3) is 11.1 Å². The number of rotatable bonds is 1. The number of nitrogens with zero attached hydrogens (tertiary/aromatic N) is 2. The molecule has 30 heavy (non-hydrogen) atoms. The Bertz CT molecular complexity index is 956. The fraction of sp³-hybridized carbons (Fsp3) is 0.391. The lowest BCUT2D eigenvalue weighted by atomic mass is 10.0. The summed E-state index contributed by atoms with van der Waals surface area (Å²) in [5.74, 6) is 1.75. The van der Waals surface area contributed by atoms with Gasteiger partial charge in [0.05, 0.1) is 5.69 Å². The summed E-state index contributed by atoms with van der Waals surface area (Å²) in [4.78, 5) is 13.7. The van der Waals surface area contributed by atoms with E-state index in [2.05, 4.69) is 22.8 Å². The number of hydrogen-bond acceptors (Lipinski definition) is 5. The number of amides is 1. The van der Waals surface area contributed by atoms with Gasteiger partial charge in [0.25, 0.3) is 5.91 Å². The molecule has 2 atom stereocenters. The minimum absolute atomic E-state index is 0.167. The zero-order valence-electron chi connectivity index (χ0n) is 17.3. The topological polar surface area (TPSA) is 66.0 Å². The van der Waals surface area contributed by atoms with E-state index in [1.54, 1.807) is 24.3 Å². The highest BCUT2D eigenvalue weighted by molar-refractivity contribution is 6.09. The molecule has 0 bridgehead atoms. The molecule has 0 aromatic heterocycles. The third-order valence-corrected chi connectivity index (χ3v) is 5.64. The Hall–Kier alpha value is -2.93. The number of benzene rings is 2. The first-order valence-electron chi connectivity index (χ1n) is 10.4. The number of hydrogen-bond donors (Lipinski definition) is 2. The highest BCUT2D eigenvalue weighted by atomic mass is 19.1. The minimum atomic E-state index is -0.371. The number of nitrogens with one attached hydrogen (secondary N) is 2. The molecule has 1 fully saturated rings. The van der Waals surface area contributed by atoms with Crippen LogP contribution in [0.15, 0.2) is 47.6 Å². The summed E-state index contributed by atoms with van der Waals surface area (Å²) in [6.07, 6.45) is 2.80. The van der Waals surface area contributed by atoms with E-state index in [1.807, 2.05) is 24.0 Å². The van der Waals surface area contributed by atoms with Crippen molar-refractivity contribution in [1.82, 2.24) is 10.7 Å². The maximum Gasteiger partial charge on any atom is 0.262 e. The lowest BCUT2D eigenvalue weighted by Gasteiger charge is -2.38. The highest BCUT2D eigenvalue weighted by Gasteiger charge is 2.35. The van der Waals surface area contributed by atoms with Gasteiger partial charge in [-0.05, 0) is 62.5 Å². The maximum atomic E-state index is 14.0. The molecule has 2 aromatic carbocycles. The summed E-state index contributed by atoms with van der Waals surface area (Å²) in [5, 5.41) is 7.37. The summed E-state index contributed by atoms with van der Waals surface area (Å²) in [6.45, 7) is 6.85. The van der Waals surface area contributed by atoms with E-state index in [-0.39, 0.29) is 24.4 Å². The average molecular weight is 410 g/mol. The molecular weight excluding hydrogens is 383 g/mol. The first-order valence-corrected chi connectivity index (χ1v) is 10.4. The van der Waals surface area contributed by atoms with E-state index in [0.29, 0.717) is 17.1 Å². The average Bonchev–Trinajstić information content (AvgIpc) is 2.77. The molecule has 0 spiro atoms. The van der Waals surface area contributed by atoms with Gasteiger partial charge in [0, 0.05) is 5.56 Å². The minimum Gasteiger partial charge on any atom is -0.483 e. The number of carbonyl (C=O) groups excluding carboxylic acids is 1. The highest BCUT2D eigenvalue weighted by Crippen LogP contribution is 2.38. The number of hydrazone groups is 1. The molecule has 0 aliphatic carbocycles. The molecule has 158 valence electrons. The van der Waals surface area contributed by atoms with E-state index in [4.69, 9.17) is 4.74 Å². The smallest absolute Gasteiger partial charge is 0.262 e. The Morgan fingerprint density at radius 2 is 2.03 bits per heavy atom. The summed E-state index contributed by atoms with van der Waals surface area (Å²) in [6, 6.07) is 11.7. The van der Waals surface area contributed by atoms with Crippen LogP contribution in [0, 0.1) is 11.7 Å². The standard InChI is InChI=1S/C17H14FN3O2.C6H13N/c1-10-17(22)20-19-16-9-23-15-8-11(6-7-14(15)21(10)16)12-4-2-3-5-13(12)18;1-6-3-2-4-7-5-6/h2-8,10H,9H2,1H3,(H,20,22);6-7H,2-5H2,1H3/t10-;6-/m11/s1. The van der Waals surface area contributed by atoms with Crippen molar-refractivity contribution in [1.29, 1.82) is 0 Å². The molecule has 3 heterocycles. The normalized spacial score (nSPS) is 22.4. The van der Waals surface area contributed by atoms with Gasteiger partial charge in [-0.25, -0.2) is 9.82 Å². The van der Waals surface area contributed by atoms with Gasteiger partial charge in [-0.2, -0.15) is 5.10 Å². The molecule has 0 radical (unpaired) electrons. The van der Waals surface area contributed by atoms with Crippen molar-refractivity contribution in [3.63, 3.8) is 0 Å². The van der Waals surface area contributed by atoms with E-state index < -0.39 is 0 Å². The van der Waals surface area contributed by atoms with Crippen molar-refractivity contribution in [2.75, 3.05) is 24.6 Å². The second kappa shape index (κ2) is 8.83. The van der Waals surface area contributed by atoms with Crippen LogP contribution >= 0.6 is 0 Å². The summed E-state index contributed by atoms with van der Waals surface area (Å²) in [5.41, 5.74) is 4.49. The van der Waals surface area contributed by atoms with E-state index in [0.717, 1.165) is 17.2 Å². The molecule has 2 aromatic rings. The molecule has 3 aliphatic heterocycles. The van der Waals surface area contributed by atoms with Crippen LogP contribution in [0.4, 0.5) is 10.1 Å². The number of piperidine rings is 1. The largest absolute Gasteiger partial charge is 0.483 e. The van der Waals surface area contributed by atoms with E-state index in [1.165, 1.54) is 32.0 Å². The van der Waals surface area contributed by atoms with Gasteiger partial charge in [0.2, 0.25) is 0 Å². The van der Waals surface area contributed by atoms with Gasteiger partial charge >= 0.3 is 0 Å². The predicted molar refractivity (Wildman–Crippen MR) is 116 cm³/mol. The lowest BCUT2D eigenvalue weighted by molar-refractivity contribution is -0.122. The van der Waals surface area contributed by atoms with Crippen LogP contribution in [0.3, 0.4) is 0 Å². The van der Waals surface area contributed by atoms with E-state index >= 15 is 0 Å². The number of carbonyl (C=O) groups is 1. The molecule has 2 N–H and O–H groups in total. The van der Waals surface area contributed by atoms with Crippen molar-refractivity contribution in [3.05, 3.63) is 48.3 Å². The SMILES string of the molecule is C[C@@H]1C(=O)NN=C2COc3cc(-c4ccccc4F)ccc3N21.C[C@@H]1CCCNC1. The first kappa shape index (κ1) is 20.3. The number of ether oxygens (including phenoxy) is 1. The van der Waals surface area contributed by atoms with Gasteiger partial charge in [0.15, 0.2) is 5.84 Å². The van der Waals surface area contributed by atoms with Gasteiger partial charge < -0.3 is 15.0 Å². The summed E-state index contributed by atoms with van der Waals surface area (Å²) >= 11 is 0. The quantitative estimate of drug-likeness (QED) is 0.755. The number of anilines is 1. The van der Waals surface area contributed by atoms with Crippen LogP contribution in [0.2, 0.25) is 0 Å². The van der Waals surface area contributed by atoms with Crippen molar-refractivity contribution in [2.45, 2.75) is 32.7 Å². The zero-order chi connectivity index (χ0) is 21.1. The Kier molecular flexibility index (Phi) is 5.99.